The molecule has 0 saturated carbocycles. The van der Waals surface area contributed by atoms with Crippen LogP contribution in [0.3, 0.4) is 0 Å². The van der Waals surface area contributed by atoms with Crippen molar-refractivity contribution in [3.05, 3.63) is 12.2 Å². The van der Waals surface area contributed by atoms with Crippen LogP contribution in [0.25, 0.3) is 0 Å². The maximum Gasteiger partial charge on any atom is 0.254 e. The highest BCUT2D eigenvalue weighted by Crippen LogP contribution is 2.22. The fourth-order valence-corrected chi connectivity index (χ4v) is 1.44. The Morgan fingerprint density at radius 3 is 1.93 bits per heavy atom. The van der Waals surface area contributed by atoms with E-state index in [9.17, 15) is 9.59 Å². The molecule has 78 valence electrons. The van der Waals surface area contributed by atoms with E-state index in [2.05, 4.69) is 0 Å². The first-order valence-corrected chi connectivity index (χ1v) is 4.39. The molecule has 1 aliphatic heterocycles. The van der Waals surface area contributed by atoms with Gasteiger partial charge in [-0.25, -0.2) is 0 Å². The Morgan fingerprint density at radius 2 is 1.64 bits per heavy atom. The predicted molar refractivity (Wildman–Crippen MR) is 48.2 cm³/mol. The van der Waals surface area contributed by atoms with Gasteiger partial charge in [0.15, 0.2) is 0 Å². The van der Waals surface area contributed by atoms with Crippen molar-refractivity contribution >= 4 is 11.8 Å². The minimum atomic E-state index is -1.17. The molecule has 0 aromatic rings. The average molecular weight is 199 g/mol. The number of rotatable bonds is 4. The van der Waals surface area contributed by atoms with Gasteiger partial charge in [-0.15, -0.1) is 0 Å². The van der Waals surface area contributed by atoms with Gasteiger partial charge in [-0.1, -0.05) is 6.92 Å². The molecule has 0 radical (unpaired) electrons. The number of nitrogens with zero attached hydrogens (tertiary/aromatic N) is 1. The minimum absolute atomic E-state index is 0.319. The molecule has 0 atom stereocenters. The lowest BCUT2D eigenvalue weighted by atomic mass is 9.96. The third-order valence-corrected chi connectivity index (χ3v) is 2.53. The smallest absolute Gasteiger partial charge is 0.254 e. The van der Waals surface area contributed by atoms with Gasteiger partial charge in [-0.3, -0.25) is 14.5 Å². The summed E-state index contributed by atoms with van der Waals surface area (Å²) >= 11 is 0. The quantitative estimate of drug-likeness (QED) is 0.572. The number of aliphatic hydroxyl groups excluding tert-OH is 2. The van der Waals surface area contributed by atoms with E-state index in [1.54, 1.807) is 6.92 Å². The van der Waals surface area contributed by atoms with E-state index in [0.717, 1.165) is 17.1 Å². The Bertz CT molecular complexity index is 254. The standard InChI is InChI=1S/C9H13NO4/c1-2-9(5-11,6-12)10-7(13)3-4-8(10)14/h3-4,11-12H,2,5-6H2,1H3. The van der Waals surface area contributed by atoms with Crippen LogP contribution in [0.5, 0.6) is 0 Å². The van der Waals surface area contributed by atoms with Gasteiger partial charge >= 0.3 is 0 Å². The summed E-state index contributed by atoms with van der Waals surface area (Å²) in [6, 6.07) is 0. The Labute approximate surface area is 81.6 Å². The first-order chi connectivity index (χ1) is 6.61. The molecule has 5 heteroatoms. The molecule has 0 bridgehead atoms. The van der Waals surface area contributed by atoms with E-state index >= 15 is 0 Å². The Balaban J connectivity index is 3.00. The Morgan fingerprint density at radius 1 is 1.21 bits per heavy atom. The lowest BCUT2D eigenvalue weighted by molar-refractivity contribution is -0.149. The second-order valence-corrected chi connectivity index (χ2v) is 3.24. The molecule has 1 rings (SSSR count). The molecule has 2 N–H and O–H groups in total. The largest absolute Gasteiger partial charge is 0.394 e. The summed E-state index contributed by atoms with van der Waals surface area (Å²) in [7, 11) is 0. The molecule has 2 amide bonds. The van der Waals surface area contributed by atoms with Crippen LogP contribution >= 0.6 is 0 Å². The van der Waals surface area contributed by atoms with E-state index in [1.807, 2.05) is 0 Å². The second-order valence-electron chi connectivity index (χ2n) is 3.24. The molecule has 0 aliphatic carbocycles. The summed E-state index contributed by atoms with van der Waals surface area (Å²) in [5.41, 5.74) is -1.17. The van der Waals surface area contributed by atoms with Crippen LogP contribution in [0.2, 0.25) is 0 Å². The van der Waals surface area contributed by atoms with Crippen molar-refractivity contribution in [2.24, 2.45) is 0 Å². The van der Waals surface area contributed by atoms with Gasteiger partial charge in [-0.2, -0.15) is 0 Å². The topological polar surface area (TPSA) is 77.8 Å². The molecule has 1 heterocycles. The van der Waals surface area contributed by atoms with Gasteiger partial charge in [0, 0.05) is 12.2 Å². The van der Waals surface area contributed by atoms with E-state index < -0.39 is 30.6 Å². The Kier molecular flexibility index (Phi) is 3.03. The van der Waals surface area contributed by atoms with Crippen LogP contribution in [0.15, 0.2) is 12.2 Å². The number of amides is 2. The molecule has 0 spiro atoms. The van der Waals surface area contributed by atoms with E-state index in [4.69, 9.17) is 10.2 Å². The minimum Gasteiger partial charge on any atom is -0.394 e. The zero-order valence-electron chi connectivity index (χ0n) is 7.93. The van der Waals surface area contributed by atoms with Crippen molar-refractivity contribution in [3.8, 4) is 0 Å². The number of imide groups is 1. The van der Waals surface area contributed by atoms with Gasteiger partial charge in [0.2, 0.25) is 0 Å². The van der Waals surface area contributed by atoms with Crippen LogP contribution in [-0.4, -0.2) is 45.7 Å². The average Bonchev–Trinajstić information content (AvgIpc) is 2.53. The summed E-state index contributed by atoms with van der Waals surface area (Å²) in [5, 5.41) is 18.3. The maximum atomic E-state index is 11.3. The summed E-state index contributed by atoms with van der Waals surface area (Å²) in [4.78, 5) is 23.5. The lowest BCUT2D eigenvalue weighted by Gasteiger charge is -2.36. The third kappa shape index (κ3) is 1.44. The van der Waals surface area contributed by atoms with Crippen molar-refractivity contribution in [1.29, 1.82) is 0 Å². The molecule has 0 fully saturated rings. The molecular formula is C9H13NO4. The molecule has 14 heavy (non-hydrogen) atoms. The highest BCUT2D eigenvalue weighted by Gasteiger charge is 2.42. The lowest BCUT2D eigenvalue weighted by Crippen LogP contribution is -2.56. The summed E-state index contributed by atoms with van der Waals surface area (Å²) in [6.07, 6.45) is 2.59. The van der Waals surface area contributed by atoms with Crippen LogP contribution in [0.1, 0.15) is 13.3 Å². The fraction of sp³-hybridized carbons (Fsp3) is 0.556. The molecule has 5 nitrogen and oxygen atoms in total. The maximum absolute atomic E-state index is 11.3. The number of aliphatic hydroxyl groups is 2. The first kappa shape index (κ1) is 10.9. The number of hydrogen-bond donors (Lipinski definition) is 2. The third-order valence-electron chi connectivity index (χ3n) is 2.53. The van der Waals surface area contributed by atoms with Crippen molar-refractivity contribution < 1.29 is 19.8 Å². The van der Waals surface area contributed by atoms with E-state index in [1.165, 1.54) is 0 Å². The highest BCUT2D eigenvalue weighted by molar-refractivity contribution is 6.13. The molecular weight excluding hydrogens is 186 g/mol. The molecule has 0 aromatic carbocycles. The predicted octanol–water partition coefficient (Wildman–Crippen LogP) is -0.955. The number of hydrogen-bond acceptors (Lipinski definition) is 4. The van der Waals surface area contributed by atoms with Gasteiger partial charge in [0.1, 0.15) is 0 Å². The zero-order valence-corrected chi connectivity index (χ0v) is 7.93. The summed E-state index contributed by atoms with van der Waals surface area (Å²) < 4.78 is 0. The van der Waals surface area contributed by atoms with E-state index in [-0.39, 0.29) is 0 Å². The van der Waals surface area contributed by atoms with E-state index in [0.29, 0.717) is 6.42 Å². The Hall–Kier alpha value is -1.20. The number of carbonyl (C=O) groups is 2. The molecule has 0 saturated heterocycles. The van der Waals surface area contributed by atoms with Gasteiger partial charge in [0.25, 0.3) is 11.8 Å². The summed E-state index contributed by atoms with van der Waals surface area (Å²) in [5.74, 6) is -0.972. The number of carbonyl (C=O) groups excluding carboxylic acids is 2. The zero-order chi connectivity index (χ0) is 10.8. The summed E-state index contributed by atoms with van der Waals surface area (Å²) in [6.45, 7) is 0.837. The second kappa shape index (κ2) is 3.89. The van der Waals surface area contributed by atoms with Gasteiger partial charge < -0.3 is 10.2 Å². The van der Waals surface area contributed by atoms with Gasteiger partial charge in [0.05, 0.1) is 18.8 Å². The monoisotopic (exact) mass is 199 g/mol. The highest BCUT2D eigenvalue weighted by atomic mass is 16.3. The van der Waals surface area contributed by atoms with Crippen LogP contribution in [0.4, 0.5) is 0 Å². The molecule has 1 aliphatic rings. The van der Waals surface area contributed by atoms with Crippen molar-refractivity contribution in [1.82, 2.24) is 4.90 Å². The molecule has 0 aromatic heterocycles. The van der Waals surface area contributed by atoms with Crippen LogP contribution in [0, 0.1) is 0 Å². The SMILES string of the molecule is CCC(CO)(CO)N1C(=O)C=CC1=O. The van der Waals surface area contributed by atoms with Gasteiger partial charge in [-0.05, 0) is 6.42 Å². The van der Waals surface area contributed by atoms with Crippen molar-refractivity contribution in [2.45, 2.75) is 18.9 Å². The van der Waals surface area contributed by atoms with Crippen LogP contribution < -0.4 is 0 Å². The normalized spacial score (nSPS) is 16.9. The van der Waals surface area contributed by atoms with Crippen molar-refractivity contribution in [3.63, 3.8) is 0 Å². The first-order valence-electron chi connectivity index (χ1n) is 4.39. The van der Waals surface area contributed by atoms with Crippen molar-refractivity contribution in [2.75, 3.05) is 13.2 Å². The molecule has 0 unspecified atom stereocenters. The fourth-order valence-electron chi connectivity index (χ4n) is 1.44. The van der Waals surface area contributed by atoms with Crippen LogP contribution in [-0.2, 0) is 9.59 Å².